The Labute approximate surface area is 170 Å². The highest BCUT2D eigenvalue weighted by atomic mass is 32.2. The van der Waals surface area contributed by atoms with Crippen LogP contribution in [0.3, 0.4) is 0 Å². The van der Waals surface area contributed by atoms with Gasteiger partial charge in [-0.1, -0.05) is 13.8 Å². The van der Waals surface area contributed by atoms with Gasteiger partial charge in [-0.3, -0.25) is 4.79 Å². The third-order valence-corrected chi connectivity index (χ3v) is 5.47. The molecule has 158 valence electrons. The van der Waals surface area contributed by atoms with Gasteiger partial charge in [0.2, 0.25) is 5.88 Å². The molecular formula is C19H25N3O6S. The number of aryl methyl sites for hydroxylation is 1. The molecule has 29 heavy (non-hydrogen) atoms. The van der Waals surface area contributed by atoms with Crippen molar-refractivity contribution in [2.75, 3.05) is 19.8 Å². The maximum atomic E-state index is 12.8. The summed E-state index contributed by atoms with van der Waals surface area (Å²) in [6.45, 7) is 5.80. The summed E-state index contributed by atoms with van der Waals surface area (Å²) in [5.41, 5.74) is 0.104. The number of benzene rings is 1. The highest BCUT2D eigenvalue weighted by molar-refractivity contribution is 7.90. The summed E-state index contributed by atoms with van der Waals surface area (Å²) in [4.78, 5) is 12.6. The van der Waals surface area contributed by atoms with Gasteiger partial charge < -0.3 is 14.2 Å². The molecule has 0 saturated carbocycles. The maximum absolute atomic E-state index is 12.8. The lowest BCUT2D eigenvalue weighted by atomic mass is 10.2. The van der Waals surface area contributed by atoms with E-state index in [2.05, 4.69) is 9.82 Å². The number of rotatable bonds is 9. The lowest BCUT2D eigenvalue weighted by Gasteiger charge is -2.16. The first-order valence-electron chi connectivity index (χ1n) is 9.61. The van der Waals surface area contributed by atoms with Crippen LogP contribution in [-0.2, 0) is 16.6 Å². The number of carbonyl (C=O) groups excluding carboxylic acids is 1. The molecule has 3 rings (SSSR count). The molecule has 2 aromatic rings. The van der Waals surface area contributed by atoms with Crippen molar-refractivity contribution in [3.63, 3.8) is 0 Å². The Kier molecular flexibility index (Phi) is 6.63. The largest absolute Gasteiger partial charge is 0.493 e. The maximum Gasteiger partial charge on any atom is 0.271 e. The summed E-state index contributed by atoms with van der Waals surface area (Å²) < 4.78 is 45.7. The van der Waals surface area contributed by atoms with Gasteiger partial charge in [0, 0.05) is 19.0 Å². The summed E-state index contributed by atoms with van der Waals surface area (Å²) in [5, 5.41) is 4.02. The van der Waals surface area contributed by atoms with Crippen molar-refractivity contribution < 1.29 is 27.4 Å². The predicted molar refractivity (Wildman–Crippen MR) is 105 cm³/mol. The van der Waals surface area contributed by atoms with Crippen LogP contribution >= 0.6 is 0 Å². The molecule has 1 N–H and O–H groups in total. The number of aromatic nitrogens is 2. The Bertz CT molecular complexity index is 970. The Hall–Kier alpha value is -2.75. The molecule has 9 nitrogen and oxygen atoms in total. The van der Waals surface area contributed by atoms with Crippen molar-refractivity contribution in [1.82, 2.24) is 14.5 Å². The van der Waals surface area contributed by atoms with Gasteiger partial charge in [-0.15, -0.1) is 0 Å². The Morgan fingerprint density at radius 1 is 1.24 bits per heavy atom. The summed E-state index contributed by atoms with van der Waals surface area (Å²) >= 11 is 0. The number of sulfonamides is 1. The third kappa shape index (κ3) is 4.81. The van der Waals surface area contributed by atoms with Crippen LogP contribution in [0, 0.1) is 0 Å². The van der Waals surface area contributed by atoms with E-state index in [9.17, 15) is 13.2 Å². The summed E-state index contributed by atoms with van der Waals surface area (Å²) in [7, 11) is -4.16. The quantitative estimate of drug-likeness (QED) is 0.659. The second-order valence-corrected chi connectivity index (χ2v) is 8.18. The van der Waals surface area contributed by atoms with Gasteiger partial charge in [0.05, 0.1) is 31.6 Å². The summed E-state index contributed by atoms with van der Waals surface area (Å²) in [5.74, 6) is 0.161. The lowest BCUT2D eigenvalue weighted by molar-refractivity contribution is 0.0977. The Morgan fingerprint density at radius 2 is 2.00 bits per heavy atom. The van der Waals surface area contributed by atoms with Crippen LogP contribution in [0.1, 0.15) is 43.5 Å². The molecule has 1 aromatic carbocycles. The fraction of sp³-hybridized carbons (Fsp3) is 0.474. The fourth-order valence-corrected chi connectivity index (χ4v) is 3.84. The molecule has 0 atom stereocenters. The minimum absolute atomic E-state index is 0.104. The molecule has 1 aliphatic rings. The summed E-state index contributed by atoms with van der Waals surface area (Å²) in [6, 6.07) is 4.70. The average molecular weight is 423 g/mol. The van der Waals surface area contributed by atoms with Crippen LogP contribution in [0.4, 0.5) is 0 Å². The van der Waals surface area contributed by atoms with E-state index in [0.717, 1.165) is 19.3 Å². The average Bonchev–Trinajstić information content (AvgIpc) is 3.15. The minimum atomic E-state index is -4.16. The zero-order valence-electron chi connectivity index (χ0n) is 16.5. The minimum Gasteiger partial charge on any atom is -0.493 e. The van der Waals surface area contributed by atoms with Crippen molar-refractivity contribution in [1.29, 1.82) is 0 Å². The van der Waals surface area contributed by atoms with Gasteiger partial charge in [-0.2, -0.15) is 5.10 Å². The molecule has 0 bridgehead atoms. The van der Waals surface area contributed by atoms with E-state index in [0.29, 0.717) is 32.1 Å². The van der Waals surface area contributed by atoms with Gasteiger partial charge in [0.15, 0.2) is 4.90 Å². The third-order valence-electron chi connectivity index (χ3n) is 4.16. The van der Waals surface area contributed by atoms with Gasteiger partial charge in [0.1, 0.15) is 11.5 Å². The first-order chi connectivity index (χ1) is 14.0. The number of nitrogens with zero attached hydrogens (tertiary/aromatic N) is 2. The van der Waals surface area contributed by atoms with E-state index in [1.807, 2.05) is 13.8 Å². The number of ether oxygens (including phenoxy) is 3. The molecule has 2 heterocycles. The number of carbonyl (C=O) groups is 1. The normalized spacial score (nSPS) is 13.3. The van der Waals surface area contributed by atoms with Crippen LogP contribution in [0.2, 0.25) is 0 Å². The number of nitrogens with one attached hydrogen (secondary N) is 1. The van der Waals surface area contributed by atoms with E-state index in [1.54, 1.807) is 12.1 Å². The molecule has 10 heteroatoms. The van der Waals surface area contributed by atoms with E-state index in [4.69, 9.17) is 14.2 Å². The van der Waals surface area contributed by atoms with Gasteiger partial charge in [0.25, 0.3) is 15.9 Å². The van der Waals surface area contributed by atoms with Crippen molar-refractivity contribution >= 4 is 15.9 Å². The lowest BCUT2D eigenvalue weighted by Crippen LogP contribution is -2.31. The molecule has 1 aliphatic heterocycles. The molecule has 0 aliphatic carbocycles. The van der Waals surface area contributed by atoms with Crippen molar-refractivity contribution in [2.24, 2.45) is 0 Å². The molecule has 0 saturated heterocycles. The number of hydrogen-bond acceptors (Lipinski definition) is 7. The van der Waals surface area contributed by atoms with E-state index in [-0.39, 0.29) is 22.1 Å². The highest BCUT2D eigenvalue weighted by Gasteiger charge is 2.29. The van der Waals surface area contributed by atoms with Crippen molar-refractivity contribution in [2.45, 2.75) is 44.6 Å². The van der Waals surface area contributed by atoms with Gasteiger partial charge in [-0.25, -0.2) is 17.8 Å². The molecule has 0 unspecified atom stereocenters. The smallest absolute Gasteiger partial charge is 0.271 e. The number of amides is 1. The second kappa shape index (κ2) is 9.17. The van der Waals surface area contributed by atoms with Crippen molar-refractivity contribution in [3.8, 4) is 17.4 Å². The van der Waals surface area contributed by atoms with E-state index < -0.39 is 15.9 Å². The van der Waals surface area contributed by atoms with Crippen LogP contribution in [0.5, 0.6) is 17.4 Å². The van der Waals surface area contributed by atoms with E-state index in [1.165, 1.54) is 16.9 Å². The van der Waals surface area contributed by atoms with E-state index >= 15 is 0 Å². The van der Waals surface area contributed by atoms with Gasteiger partial charge >= 0.3 is 0 Å². The number of fused-ring (bicyclic) bond motifs is 1. The monoisotopic (exact) mass is 423 g/mol. The van der Waals surface area contributed by atoms with Crippen LogP contribution < -0.4 is 18.9 Å². The van der Waals surface area contributed by atoms with Crippen LogP contribution in [0.25, 0.3) is 0 Å². The first-order valence-corrected chi connectivity index (χ1v) is 11.1. The molecule has 0 spiro atoms. The second-order valence-electron chi connectivity index (χ2n) is 6.53. The fourth-order valence-electron chi connectivity index (χ4n) is 2.79. The molecule has 1 amide bonds. The Balaban J connectivity index is 1.84. The molecule has 1 aromatic heterocycles. The summed E-state index contributed by atoms with van der Waals surface area (Å²) in [6.07, 6.45) is 3.50. The van der Waals surface area contributed by atoms with Crippen molar-refractivity contribution in [3.05, 3.63) is 30.0 Å². The molecule has 0 fully saturated rings. The standard InChI is InChI=1S/C19H25N3O6S/c1-3-9-26-14-6-7-15(16(12-14)27-10-4-2)18(23)21-29(24,25)17-13-20-22-8-5-11-28-19(17)22/h6-7,12-13H,3-5,8-11H2,1-2H3,(H,21,23). The first kappa shape index (κ1) is 21.0. The van der Waals surface area contributed by atoms with Crippen LogP contribution in [0.15, 0.2) is 29.3 Å². The SMILES string of the molecule is CCCOc1ccc(C(=O)NS(=O)(=O)c2cnn3c2OCCC3)c(OCCC)c1. The topological polar surface area (TPSA) is 109 Å². The number of hydrogen-bond donors (Lipinski definition) is 1. The molecular weight excluding hydrogens is 398 g/mol. The zero-order valence-corrected chi connectivity index (χ0v) is 17.3. The Morgan fingerprint density at radius 3 is 2.76 bits per heavy atom. The zero-order chi connectivity index (χ0) is 20.9. The highest BCUT2D eigenvalue weighted by Crippen LogP contribution is 2.28. The predicted octanol–water partition coefficient (Wildman–Crippen LogP) is 2.36. The molecule has 0 radical (unpaired) electrons. The van der Waals surface area contributed by atoms with Crippen LogP contribution in [-0.4, -0.2) is 43.9 Å². The van der Waals surface area contributed by atoms with Gasteiger partial charge in [-0.05, 0) is 25.0 Å².